The van der Waals surface area contributed by atoms with E-state index in [9.17, 15) is 9.59 Å². The molecule has 0 aliphatic carbocycles. The molecule has 28 heavy (non-hydrogen) atoms. The number of hydrogen-bond acceptors (Lipinski definition) is 6. The number of fused-ring (bicyclic) bond motifs is 1. The fourth-order valence-electron chi connectivity index (χ4n) is 3.00. The van der Waals surface area contributed by atoms with Crippen LogP contribution in [-0.2, 0) is 9.59 Å². The molecule has 0 spiro atoms. The van der Waals surface area contributed by atoms with Crippen LogP contribution in [0, 0.1) is 6.92 Å². The Kier molecular flexibility index (Phi) is 6.03. The van der Waals surface area contributed by atoms with Crippen LogP contribution in [0.5, 0.6) is 17.2 Å². The van der Waals surface area contributed by atoms with Crippen LogP contribution in [0.4, 0.5) is 11.4 Å². The van der Waals surface area contributed by atoms with Gasteiger partial charge in [-0.1, -0.05) is 6.07 Å². The summed E-state index contributed by atoms with van der Waals surface area (Å²) in [6.45, 7) is 6.77. The number of rotatable bonds is 7. The predicted molar refractivity (Wildman–Crippen MR) is 106 cm³/mol. The largest absolute Gasteiger partial charge is 0.490 e. The Labute approximate surface area is 164 Å². The number of carbonyl (C=O) groups is 2. The minimum atomic E-state index is -0.384. The zero-order valence-electron chi connectivity index (χ0n) is 16.3. The summed E-state index contributed by atoms with van der Waals surface area (Å²) in [6.07, 6.45) is 0. The number of ether oxygens (including phenoxy) is 3. The minimum Gasteiger partial charge on any atom is -0.490 e. The van der Waals surface area contributed by atoms with Gasteiger partial charge in [0.15, 0.2) is 17.2 Å². The van der Waals surface area contributed by atoms with Gasteiger partial charge in [0.1, 0.15) is 6.54 Å². The number of anilines is 2. The highest BCUT2D eigenvalue weighted by atomic mass is 16.5. The maximum atomic E-state index is 12.6. The fourth-order valence-corrected chi connectivity index (χ4v) is 3.00. The smallest absolute Gasteiger partial charge is 0.331 e. The number of benzene rings is 2. The van der Waals surface area contributed by atoms with Gasteiger partial charge in [0, 0.05) is 11.8 Å². The Balaban J connectivity index is 1.72. The summed E-state index contributed by atoms with van der Waals surface area (Å²) < 4.78 is 16.4. The summed E-state index contributed by atoms with van der Waals surface area (Å²) in [7, 11) is 0. The summed E-state index contributed by atoms with van der Waals surface area (Å²) in [4.78, 5) is 26.1. The fraction of sp³-hybridized carbons (Fsp3) is 0.333. The maximum absolute atomic E-state index is 12.6. The SMILES string of the molecule is CCOc1ccc(NC(=O)CN2CC(=O)Oc3cc(C)ccc32)cc1OCC. The van der Waals surface area contributed by atoms with E-state index in [-0.39, 0.29) is 25.0 Å². The lowest BCUT2D eigenvalue weighted by Gasteiger charge is -2.29. The number of nitrogens with zero attached hydrogens (tertiary/aromatic N) is 1. The van der Waals surface area contributed by atoms with Gasteiger partial charge in [0.25, 0.3) is 0 Å². The molecule has 0 saturated carbocycles. The van der Waals surface area contributed by atoms with Gasteiger partial charge in [-0.3, -0.25) is 4.79 Å². The molecule has 1 heterocycles. The molecule has 1 amide bonds. The van der Waals surface area contributed by atoms with Crippen molar-refractivity contribution < 1.29 is 23.8 Å². The number of aryl methyl sites for hydroxylation is 1. The lowest BCUT2D eigenvalue weighted by Crippen LogP contribution is -2.41. The van der Waals surface area contributed by atoms with Crippen molar-refractivity contribution in [2.75, 3.05) is 36.5 Å². The monoisotopic (exact) mass is 384 g/mol. The van der Waals surface area contributed by atoms with Crippen molar-refractivity contribution >= 4 is 23.3 Å². The second kappa shape index (κ2) is 8.65. The summed E-state index contributed by atoms with van der Waals surface area (Å²) in [5, 5.41) is 2.85. The first-order valence-corrected chi connectivity index (χ1v) is 9.26. The molecule has 1 N–H and O–H groups in total. The van der Waals surface area contributed by atoms with E-state index in [0.717, 1.165) is 11.3 Å². The highest BCUT2D eigenvalue weighted by Gasteiger charge is 2.25. The standard InChI is InChI=1S/C21H24N2O5/c1-4-26-17-9-7-15(11-19(17)27-5-2)22-20(24)12-23-13-21(25)28-18-10-14(3)6-8-16(18)23/h6-11H,4-5,12-13H2,1-3H3,(H,22,24). The molecular weight excluding hydrogens is 360 g/mol. The van der Waals surface area contributed by atoms with E-state index in [1.165, 1.54) is 0 Å². The van der Waals surface area contributed by atoms with Crippen LogP contribution in [0.1, 0.15) is 19.4 Å². The van der Waals surface area contributed by atoms with Gasteiger partial charge >= 0.3 is 5.97 Å². The first-order chi connectivity index (χ1) is 13.5. The van der Waals surface area contributed by atoms with Gasteiger partial charge in [0.2, 0.25) is 5.91 Å². The summed E-state index contributed by atoms with van der Waals surface area (Å²) in [6, 6.07) is 10.8. The van der Waals surface area contributed by atoms with Crippen molar-refractivity contribution in [3.8, 4) is 17.2 Å². The molecule has 1 aliphatic heterocycles. The number of carbonyl (C=O) groups excluding carboxylic acids is 2. The van der Waals surface area contributed by atoms with Gasteiger partial charge in [-0.2, -0.15) is 0 Å². The van der Waals surface area contributed by atoms with E-state index >= 15 is 0 Å². The molecule has 148 valence electrons. The van der Waals surface area contributed by atoms with Crippen molar-refractivity contribution in [2.24, 2.45) is 0 Å². The van der Waals surface area contributed by atoms with E-state index in [0.29, 0.717) is 36.1 Å². The Morgan fingerprint density at radius 3 is 2.61 bits per heavy atom. The van der Waals surface area contributed by atoms with Crippen molar-refractivity contribution in [3.63, 3.8) is 0 Å². The highest BCUT2D eigenvalue weighted by molar-refractivity contribution is 5.96. The molecule has 0 atom stereocenters. The van der Waals surface area contributed by atoms with Crippen molar-refractivity contribution in [1.82, 2.24) is 0 Å². The molecule has 7 heteroatoms. The third-order valence-corrected chi connectivity index (χ3v) is 4.16. The van der Waals surface area contributed by atoms with E-state index in [2.05, 4.69) is 5.32 Å². The first kappa shape index (κ1) is 19.5. The minimum absolute atomic E-state index is 0.0248. The second-order valence-corrected chi connectivity index (χ2v) is 6.38. The Morgan fingerprint density at radius 1 is 1.11 bits per heavy atom. The van der Waals surface area contributed by atoms with Crippen molar-refractivity contribution in [2.45, 2.75) is 20.8 Å². The Morgan fingerprint density at radius 2 is 1.86 bits per heavy atom. The number of esters is 1. The van der Waals surface area contributed by atoms with Crippen LogP contribution >= 0.6 is 0 Å². The highest BCUT2D eigenvalue weighted by Crippen LogP contribution is 2.33. The number of amides is 1. The van der Waals surface area contributed by atoms with Gasteiger partial charge < -0.3 is 24.4 Å². The topological polar surface area (TPSA) is 77.1 Å². The average molecular weight is 384 g/mol. The quantitative estimate of drug-likeness (QED) is 0.584. The first-order valence-electron chi connectivity index (χ1n) is 9.26. The van der Waals surface area contributed by atoms with Crippen molar-refractivity contribution in [1.29, 1.82) is 0 Å². The van der Waals surface area contributed by atoms with E-state index in [1.54, 1.807) is 29.2 Å². The zero-order chi connectivity index (χ0) is 20.1. The van der Waals surface area contributed by atoms with Crippen LogP contribution in [0.15, 0.2) is 36.4 Å². The maximum Gasteiger partial charge on any atom is 0.331 e. The zero-order valence-corrected chi connectivity index (χ0v) is 16.3. The lowest BCUT2D eigenvalue weighted by molar-refractivity contribution is -0.133. The van der Waals surface area contributed by atoms with E-state index < -0.39 is 0 Å². The lowest BCUT2D eigenvalue weighted by atomic mass is 10.1. The van der Waals surface area contributed by atoms with Crippen molar-refractivity contribution in [3.05, 3.63) is 42.0 Å². The van der Waals surface area contributed by atoms with Crippen LogP contribution in [0.2, 0.25) is 0 Å². The molecular formula is C21H24N2O5. The van der Waals surface area contributed by atoms with Gasteiger partial charge in [-0.25, -0.2) is 4.79 Å². The number of hydrogen-bond donors (Lipinski definition) is 1. The number of nitrogens with one attached hydrogen (secondary N) is 1. The van der Waals surface area contributed by atoms with Crippen LogP contribution < -0.4 is 24.4 Å². The average Bonchev–Trinajstić information content (AvgIpc) is 2.63. The molecule has 0 saturated heterocycles. The third-order valence-electron chi connectivity index (χ3n) is 4.16. The van der Waals surface area contributed by atoms with Crippen LogP contribution in [-0.4, -0.2) is 38.2 Å². The normalized spacial score (nSPS) is 12.8. The van der Waals surface area contributed by atoms with E-state index in [1.807, 2.05) is 32.9 Å². The molecule has 0 unspecified atom stereocenters. The Bertz CT molecular complexity index is 881. The summed E-state index contributed by atoms with van der Waals surface area (Å²) >= 11 is 0. The van der Waals surface area contributed by atoms with Gasteiger partial charge in [0.05, 0.1) is 25.4 Å². The molecule has 2 aromatic rings. The predicted octanol–water partition coefficient (Wildman–Crippen LogP) is 3.16. The van der Waals surface area contributed by atoms with Gasteiger partial charge in [-0.15, -0.1) is 0 Å². The third kappa shape index (κ3) is 4.54. The summed E-state index contributed by atoms with van der Waals surface area (Å²) in [5.41, 5.74) is 2.30. The Hall–Kier alpha value is -3.22. The second-order valence-electron chi connectivity index (χ2n) is 6.38. The summed E-state index contributed by atoms with van der Waals surface area (Å²) in [5.74, 6) is 1.05. The molecule has 0 bridgehead atoms. The molecule has 2 aromatic carbocycles. The van der Waals surface area contributed by atoms with Gasteiger partial charge in [-0.05, 0) is 50.6 Å². The molecule has 0 aromatic heterocycles. The molecule has 1 aliphatic rings. The molecule has 0 radical (unpaired) electrons. The molecule has 0 fully saturated rings. The van der Waals surface area contributed by atoms with Crippen LogP contribution in [0.25, 0.3) is 0 Å². The molecule has 3 rings (SSSR count). The van der Waals surface area contributed by atoms with Crippen LogP contribution in [0.3, 0.4) is 0 Å². The molecule has 7 nitrogen and oxygen atoms in total. The van der Waals surface area contributed by atoms with E-state index in [4.69, 9.17) is 14.2 Å².